The molecule has 1 amide bonds. The van der Waals surface area contributed by atoms with Crippen molar-refractivity contribution in [2.45, 2.75) is 25.7 Å². The molecule has 0 unspecified atom stereocenters. The number of likely N-dealkylation sites (tertiary alicyclic amines) is 1. The molecule has 4 nitrogen and oxygen atoms in total. The van der Waals surface area contributed by atoms with E-state index >= 15 is 0 Å². The van der Waals surface area contributed by atoms with Gasteiger partial charge in [-0.15, -0.1) is 0 Å². The van der Waals surface area contributed by atoms with E-state index in [9.17, 15) is 4.79 Å². The quantitative estimate of drug-likeness (QED) is 0.908. The minimum atomic E-state index is 0.154. The molecule has 1 spiro atoms. The van der Waals surface area contributed by atoms with Gasteiger partial charge in [-0.3, -0.25) is 4.79 Å². The summed E-state index contributed by atoms with van der Waals surface area (Å²) in [6.45, 7) is 4.05. The average Bonchev–Trinajstić information content (AvgIpc) is 2.56. The fourth-order valence-corrected chi connectivity index (χ4v) is 3.56. The highest BCUT2D eigenvalue weighted by atomic mass is 16.5. The predicted molar refractivity (Wildman–Crippen MR) is 82.7 cm³/mol. The van der Waals surface area contributed by atoms with Crippen molar-refractivity contribution in [1.82, 2.24) is 10.2 Å². The molecule has 21 heavy (non-hydrogen) atoms. The zero-order valence-corrected chi connectivity index (χ0v) is 12.7. The van der Waals surface area contributed by atoms with E-state index in [0.717, 1.165) is 50.3 Å². The molecule has 2 fully saturated rings. The van der Waals surface area contributed by atoms with Crippen molar-refractivity contribution in [3.05, 3.63) is 29.8 Å². The first-order valence-electron chi connectivity index (χ1n) is 7.87. The minimum Gasteiger partial charge on any atom is -0.497 e. The lowest BCUT2D eigenvalue weighted by Crippen LogP contribution is -2.47. The van der Waals surface area contributed by atoms with E-state index in [1.54, 1.807) is 7.11 Å². The summed E-state index contributed by atoms with van der Waals surface area (Å²) in [5, 5.41) is 3.43. The first-order chi connectivity index (χ1) is 10.2. The number of amides is 1. The van der Waals surface area contributed by atoms with Crippen molar-refractivity contribution < 1.29 is 9.53 Å². The van der Waals surface area contributed by atoms with Crippen molar-refractivity contribution in [3.8, 4) is 5.75 Å². The highest BCUT2D eigenvalue weighted by Gasteiger charge is 2.36. The normalized spacial score (nSPS) is 21.3. The van der Waals surface area contributed by atoms with Crippen molar-refractivity contribution in [3.63, 3.8) is 0 Å². The Balaban J connectivity index is 1.61. The lowest BCUT2D eigenvalue weighted by Gasteiger charge is -2.44. The Kier molecular flexibility index (Phi) is 4.15. The summed E-state index contributed by atoms with van der Waals surface area (Å²) < 4.78 is 5.14. The highest BCUT2D eigenvalue weighted by Crippen LogP contribution is 2.39. The number of benzene rings is 1. The number of hydrogen-bond acceptors (Lipinski definition) is 3. The molecule has 4 heteroatoms. The van der Waals surface area contributed by atoms with Crippen LogP contribution >= 0.6 is 0 Å². The molecule has 0 aliphatic carbocycles. The summed E-state index contributed by atoms with van der Waals surface area (Å²) >= 11 is 0. The molecule has 0 radical (unpaired) electrons. The van der Waals surface area contributed by atoms with Crippen molar-refractivity contribution in [2.24, 2.45) is 5.41 Å². The second kappa shape index (κ2) is 6.06. The number of methoxy groups -OCH3 is 1. The van der Waals surface area contributed by atoms with Gasteiger partial charge in [-0.25, -0.2) is 0 Å². The number of nitrogens with one attached hydrogen (secondary N) is 1. The number of rotatable bonds is 2. The first-order valence-corrected chi connectivity index (χ1v) is 7.87. The number of hydrogen-bond donors (Lipinski definition) is 1. The van der Waals surface area contributed by atoms with E-state index in [1.807, 2.05) is 29.2 Å². The fraction of sp³-hybridized carbons (Fsp3) is 0.588. The number of carbonyl (C=O) groups excluding carboxylic acids is 1. The minimum absolute atomic E-state index is 0.154. The van der Waals surface area contributed by atoms with Gasteiger partial charge in [-0.1, -0.05) is 0 Å². The Morgan fingerprint density at radius 3 is 2.29 bits per heavy atom. The highest BCUT2D eigenvalue weighted by molar-refractivity contribution is 5.94. The van der Waals surface area contributed by atoms with Crippen LogP contribution in [-0.4, -0.2) is 44.1 Å². The maximum Gasteiger partial charge on any atom is 0.253 e. The van der Waals surface area contributed by atoms with Crippen LogP contribution in [0.1, 0.15) is 36.0 Å². The summed E-state index contributed by atoms with van der Waals surface area (Å²) in [5.74, 6) is 0.945. The van der Waals surface area contributed by atoms with Crippen LogP contribution < -0.4 is 10.1 Å². The summed E-state index contributed by atoms with van der Waals surface area (Å²) in [5.41, 5.74) is 1.25. The summed E-state index contributed by atoms with van der Waals surface area (Å²) in [4.78, 5) is 14.6. The zero-order valence-electron chi connectivity index (χ0n) is 12.7. The van der Waals surface area contributed by atoms with E-state index in [-0.39, 0.29) is 5.91 Å². The molecule has 0 bridgehead atoms. The molecule has 0 aromatic heterocycles. The molecule has 2 aliphatic heterocycles. The van der Waals surface area contributed by atoms with Crippen LogP contribution in [0.3, 0.4) is 0 Å². The molecular weight excluding hydrogens is 264 g/mol. The number of ether oxygens (including phenoxy) is 1. The second-order valence-corrected chi connectivity index (χ2v) is 6.27. The van der Waals surface area contributed by atoms with Gasteiger partial charge in [-0.05, 0) is 68.5 Å². The molecular formula is C17H24N2O2. The van der Waals surface area contributed by atoms with E-state index in [4.69, 9.17) is 4.74 Å². The Labute approximate surface area is 126 Å². The topological polar surface area (TPSA) is 41.6 Å². The molecule has 1 aromatic carbocycles. The molecule has 0 atom stereocenters. The third-order valence-electron chi connectivity index (χ3n) is 5.11. The Bertz CT molecular complexity index is 482. The van der Waals surface area contributed by atoms with Crippen LogP contribution in [0.15, 0.2) is 24.3 Å². The van der Waals surface area contributed by atoms with E-state index < -0.39 is 0 Å². The molecule has 2 heterocycles. The van der Waals surface area contributed by atoms with Crippen LogP contribution in [0.2, 0.25) is 0 Å². The number of nitrogens with zero attached hydrogens (tertiary/aromatic N) is 1. The Hall–Kier alpha value is -1.55. The van der Waals surface area contributed by atoms with Crippen molar-refractivity contribution in [2.75, 3.05) is 33.3 Å². The summed E-state index contributed by atoms with van der Waals surface area (Å²) in [6, 6.07) is 7.42. The Morgan fingerprint density at radius 2 is 1.71 bits per heavy atom. The standard InChI is InChI=1S/C17H24N2O2/c1-21-15-4-2-14(3-5-15)16(20)19-12-8-17(9-13-19)6-10-18-11-7-17/h2-5,18H,6-13H2,1H3. The van der Waals surface area contributed by atoms with Crippen LogP contribution in [0, 0.1) is 5.41 Å². The monoisotopic (exact) mass is 288 g/mol. The average molecular weight is 288 g/mol. The maximum atomic E-state index is 12.5. The molecule has 2 saturated heterocycles. The molecule has 1 N–H and O–H groups in total. The van der Waals surface area contributed by atoms with Gasteiger partial charge in [0.25, 0.3) is 5.91 Å². The van der Waals surface area contributed by atoms with Crippen LogP contribution in [-0.2, 0) is 0 Å². The lowest BCUT2D eigenvalue weighted by molar-refractivity contribution is 0.0495. The van der Waals surface area contributed by atoms with Gasteiger partial charge in [0.05, 0.1) is 7.11 Å². The second-order valence-electron chi connectivity index (χ2n) is 6.27. The number of carbonyl (C=O) groups is 1. The number of piperidine rings is 2. The van der Waals surface area contributed by atoms with Gasteiger partial charge in [0.15, 0.2) is 0 Å². The third kappa shape index (κ3) is 3.05. The molecule has 3 rings (SSSR count). The van der Waals surface area contributed by atoms with Gasteiger partial charge in [-0.2, -0.15) is 0 Å². The Morgan fingerprint density at radius 1 is 1.10 bits per heavy atom. The van der Waals surface area contributed by atoms with Gasteiger partial charge < -0.3 is 15.0 Å². The molecule has 0 saturated carbocycles. The van der Waals surface area contributed by atoms with Crippen LogP contribution in [0.25, 0.3) is 0 Å². The SMILES string of the molecule is COc1ccc(C(=O)N2CCC3(CCNCC3)CC2)cc1. The maximum absolute atomic E-state index is 12.5. The van der Waals surface area contributed by atoms with Gasteiger partial charge >= 0.3 is 0 Å². The van der Waals surface area contributed by atoms with Gasteiger partial charge in [0.1, 0.15) is 5.75 Å². The van der Waals surface area contributed by atoms with Crippen LogP contribution in [0.5, 0.6) is 5.75 Å². The van der Waals surface area contributed by atoms with E-state index in [2.05, 4.69) is 5.32 Å². The first kappa shape index (κ1) is 14.4. The predicted octanol–water partition coefficient (Wildman–Crippen LogP) is 2.30. The summed E-state index contributed by atoms with van der Waals surface area (Å²) in [7, 11) is 1.64. The molecule has 114 valence electrons. The van der Waals surface area contributed by atoms with E-state index in [0.29, 0.717) is 5.41 Å². The van der Waals surface area contributed by atoms with Gasteiger partial charge in [0, 0.05) is 18.7 Å². The largest absolute Gasteiger partial charge is 0.497 e. The van der Waals surface area contributed by atoms with Crippen molar-refractivity contribution >= 4 is 5.91 Å². The van der Waals surface area contributed by atoms with Crippen LogP contribution in [0.4, 0.5) is 0 Å². The molecule has 1 aromatic rings. The smallest absolute Gasteiger partial charge is 0.253 e. The zero-order chi connectivity index (χ0) is 14.7. The fourth-order valence-electron chi connectivity index (χ4n) is 3.56. The van der Waals surface area contributed by atoms with Gasteiger partial charge in [0.2, 0.25) is 0 Å². The lowest BCUT2D eigenvalue weighted by atomic mass is 9.71. The van der Waals surface area contributed by atoms with Crippen molar-refractivity contribution in [1.29, 1.82) is 0 Å². The third-order valence-corrected chi connectivity index (χ3v) is 5.11. The summed E-state index contributed by atoms with van der Waals surface area (Å²) in [6.07, 6.45) is 4.82. The molecule has 2 aliphatic rings. The van der Waals surface area contributed by atoms with E-state index in [1.165, 1.54) is 12.8 Å².